The van der Waals surface area contributed by atoms with E-state index in [0.29, 0.717) is 69.6 Å². The standard InChI is InChI=1S/C42H71N9O8Si/c1-7-26(2)37(36(55)24-30(40(58)59)25-60(4,5)6)50-38(56)29(21-27-14-16-31(52)17-15-27)23-35(54)33-13-10-20-51(33)39(57)28(11-8-18-48-41(43)44)22-34(53)32(47-3)12-9-19-49-42(45)46/h14-17,26,28-30,32-33,37,47,52H,7-13,18-25H2,1-6H3,(H,50,56)(H,58,59)(H4,43,44,48)(H4,45,46,49)/t26?,28-,29-,30+,32-,33+,37+/m1/s1. The first-order valence-electron chi connectivity index (χ1n) is 21.1. The number of aliphatic imine (C=N–C) groups is 2. The van der Waals surface area contributed by atoms with Gasteiger partial charge in [-0.15, -0.1) is 0 Å². The van der Waals surface area contributed by atoms with Gasteiger partial charge in [-0.25, -0.2) is 0 Å². The van der Waals surface area contributed by atoms with Gasteiger partial charge in [0.05, 0.1) is 24.0 Å². The van der Waals surface area contributed by atoms with E-state index >= 15 is 0 Å². The normalized spacial score (nSPS) is 17.0. The summed E-state index contributed by atoms with van der Waals surface area (Å²) in [6.07, 6.45) is 2.69. The molecule has 2 amide bonds. The summed E-state index contributed by atoms with van der Waals surface area (Å²) in [5, 5.41) is 25.8. The van der Waals surface area contributed by atoms with E-state index < -0.39 is 55.8 Å². The monoisotopic (exact) mass is 858 g/mol. The van der Waals surface area contributed by atoms with Gasteiger partial charge < -0.3 is 48.7 Å². The number of nitrogens with one attached hydrogen (secondary N) is 2. The van der Waals surface area contributed by atoms with Crippen molar-refractivity contribution in [2.75, 3.05) is 26.7 Å². The molecule has 1 aliphatic heterocycles. The van der Waals surface area contributed by atoms with Crippen LogP contribution in [0.1, 0.15) is 83.6 Å². The van der Waals surface area contributed by atoms with Crippen molar-refractivity contribution in [2.45, 2.75) is 128 Å². The summed E-state index contributed by atoms with van der Waals surface area (Å²) in [5.41, 5.74) is 22.6. The van der Waals surface area contributed by atoms with Crippen LogP contribution in [0, 0.1) is 23.7 Å². The molecule has 18 heteroatoms. The van der Waals surface area contributed by atoms with E-state index in [1.54, 1.807) is 19.2 Å². The summed E-state index contributed by atoms with van der Waals surface area (Å²) >= 11 is 0. The van der Waals surface area contributed by atoms with Crippen LogP contribution in [-0.2, 0) is 35.2 Å². The molecule has 2 rings (SSSR count). The molecule has 17 nitrogen and oxygen atoms in total. The minimum Gasteiger partial charge on any atom is -0.508 e. The molecule has 1 unspecified atom stereocenters. The number of nitrogens with zero attached hydrogens (tertiary/aromatic N) is 3. The number of carboxylic acids is 1. The zero-order valence-electron chi connectivity index (χ0n) is 36.5. The Labute approximate surface area is 356 Å². The third kappa shape index (κ3) is 17.8. The maximum atomic E-state index is 14.4. The molecule has 1 fully saturated rings. The lowest BCUT2D eigenvalue weighted by molar-refractivity contribution is -0.144. The van der Waals surface area contributed by atoms with E-state index in [1.807, 2.05) is 33.5 Å². The van der Waals surface area contributed by atoms with Gasteiger partial charge in [0.2, 0.25) is 11.8 Å². The van der Waals surface area contributed by atoms with Crippen LogP contribution >= 0.6 is 0 Å². The predicted octanol–water partition coefficient (Wildman–Crippen LogP) is 2.30. The highest BCUT2D eigenvalue weighted by molar-refractivity contribution is 6.76. The van der Waals surface area contributed by atoms with E-state index in [0.717, 1.165) is 0 Å². The molecule has 0 aromatic heterocycles. The molecule has 1 heterocycles. The molecule has 0 bridgehead atoms. The second-order valence-corrected chi connectivity index (χ2v) is 22.9. The van der Waals surface area contributed by atoms with Gasteiger partial charge >= 0.3 is 5.97 Å². The van der Waals surface area contributed by atoms with Gasteiger partial charge in [-0.05, 0) is 81.7 Å². The molecule has 1 aliphatic rings. The Bertz CT molecular complexity index is 1660. The van der Waals surface area contributed by atoms with Gasteiger partial charge in [-0.3, -0.25) is 38.8 Å². The summed E-state index contributed by atoms with van der Waals surface area (Å²) in [6.45, 7) is 10.7. The van der Waals surface area contributed by atoms with Gasteiger partial charge in [-0.2, -0.15) is 0 Å². The van der Waals surface area contributed by atoms with E-state index in [4.69, 9.17) is 22.9 Å². The van der Waals surface area contributed by atoms with Crippen LogP contribution in [0.5, 0.6) is 5.75 Å². The first-order chi connectivity index (χ1) is 28.2. The lowest BCUT2D eigenvalue weighted by Crippen LogP contribution is -2.50. The first kappa shape index (κ1) is 51.3. The van der Waals surface area contributed by atoms with Crippen molar-refractivity contribution in [3.8, 4) is 5.75 Å². The zero-order chi connectivity index (χ0) is 45.2. The molecular weight excluding hydrogens is 787 g/mol. The fourth-order valence-electron chi connectivity index (χ4n) is 7.77. The number of guanidine groups is 2. The highest BCUT2D eigenvalue weighted by Gasteiger charge is 2.40. The number of aromatic hydroxyl groups is 1. The van der Waals surface area contributed by atoms with Crippen LogP contribution in [0.4, 0.5) is 0 Å². The number of Topliss-reactive ketones (excluding diaryl/α,β-unsaturated/α-hetero) is 3. The summed E-state index contributed by atoms with van der Waals surface area (Å²) < 4.78 is 0. The lowest BCUT2D eigenvalue weighted by atomic mass is 9.87. The predicted molar refractivity (Wildman–Crippen MR) is 236 cm³/mol. The number of hydrogen-bond donors (Lipinski definition) is 8. The van der Waals surface area contributed by atoms with Crippen molar-refractivity contribution < 1.29 is 39.0 Å². The number of aliphatic carboxylic acids is 1. The molecule has 1 saturated heterocycles. The number of hydrogen-bond acceptors (Lipinski definition) is 10. The van der Waals surface area contributed by atoms with Gasteiger partial charge in [0, 0.05) is 58.8 Å². The Morgan fingerprint density at radius 1 is 0.867 bits per heavy atom. The maximum absolute atomic E-state index is 14.4. The Kier molecular flexibility index (Phi) is 21.4. The average molecular weight is 858 g/mol. The van der Waals surface area contributed by atoms with Gasteiger partial charge in [0.1, 0.15) is 5.75 Å². The third-order valence-electron chi connectivity index (χ3n) is 11.1. The van der Waals surface area contributed by atoms with Gasteiger partial charge in [0.25, 0.3) is 0 Å². The quantitative estimate of drug-likeness (QED) is 0.0260. The molecule has 1 aromatic rings. The van der Waals surface area contributed by atoms with Crippen LogP contribution in [0.3, 0.4) is 0 Å². The fourth-order valence-corrected chi connectivity index (χ4v) is 9.57. The second kappa shape index (κ2) is 25.1. The Morgan fingerprint density at radius 3 is 1.98 bits per heavy atom. The number of phenols is 1. The summed E-state index contributed by atoms with van der Waals surface area (Å²) in [7, 11) is -0.188. The maximum Gasteiger partial charge on any atom is 0.306 e. The van der Waals surface area contributed by atoms with E-state index in [2.05, 4.69) is 20.6 Å². The van der Waals surface area contributed by atoms with Crippen molar-refractivity contribution in [1.29, 1.82) is 0 Å². The number of carbonyl (C=O) groups excluding carboxylic acids is 5. The zero-order valence-corrected chi connectivity index (χ0v) is 37.5. The van der Waals surface area contributed by atoms with Crippen LogP contribution in [-0.4, -0.2) is 115 Å². The second-order valence-electron chi connectivity index (χ2n) is 17.4. The molecule has 336 valence electrons. The molecule has 0 aliphatic carbocycles. The number of phenolic OH excluding ortho intramolecular Hbond substituents is 1. The number of carboxylic acid groups (broad SMARTS) is 1. The van der Waals surface area contributed by atoms with Gasteiger partial charge in [-0.1, -0.05) is 52.0 Å². The van der Waals surface area contributed by atoms with Crippen LogP contribution < -0.4 is 33.6 Å². The highest BCUT2D eigenvalue weighted by Crippen LogP contribution is 2.29. The minimum absolute atomic E-state index is 0.0305. The minimum atomic E-state index is -1.86. The third-order valence-corrected chi connectivity index (χ3v) is 12.9. The summed E-state index contributed by atoms with van der Waals surface area (Å²) in [4.78, 5) is 92.1. The fraction of sp³-hybridized carbons (Fsp3) is 0.667. The first-order valence-corrected chi connectivity index (χ1v) is 24.9. The van der Waals surface area contributed by atoms with Crippen molar-refractivity contribution >= 4 is 55.1 Å². The largest absolute Gasteiger partial charge is 0.508 e. The molecule has 0 radical (unpaired) electrons. The molecule has 0 spiro atoms. The number of ketones is 3. The number of rotatable bonds is 28. The Morgan fingerprint density at radius 2 is 1.45 bits per heavy atom. The number of nitrogens with two attached hydrogens (primary N) is 4. The van der Waals surface area contributed by atoms with Crippen molar-refractivity contribution in [3.63, 3.8) is 0 Å². The molecular formula is C42H71N9O8Si. The van der Waals surface area contributed by atoms with E-state index in [9.17, 15) is 39.0 Å². The van der Waals surface area contributed by atoms with Crippen LogP contribution in [0.2, 0.25) is 25.7 Å². The lowest BCUT2D eigenvalue weighted by Gasteiger charge is -2.30. The number of carbonyl (C=O) groups is 6. The number of likely N-dealkylation sites (N-methyl/N-ethyl adjacent to an activating group) is 1. The smallest absolute Gasteiger partial charge is 0.306 e. The SMILES string of the molecule is CCC(C)[C@H](NC(=O)[C@@H](CC(=O)[C@@H]1CCCN1C(=O)[C@H](CCCN=C(N)N)CC(=O)[C@@H](CCCN=C(N)N)NC)Cc1ccc(O)cc1)C(=O)C[C@@H](C[Si](C)(C)C)C(=O)O. The average Bonchev–Trinajstić information content (AvgIpc) is 3.67. The summed E-state index contributed by atoms with van der Waals surface area (Å²) in [5.74, 6) is -5.81. The molecule has 12 N–H and O–H groups in total. The summed E-state index contributed by atoms with van der Waals surface area (Å²) in [6, 6.07) is 4.31. The topological polar surface area (TPSA) is 299 Å². The number of benzene rings is 1. The highest BCUT2D eigenvalue weighted by atomic mass is 28.3. The Balaban J connectivity index is 2.39. The number of likely N-dealkylation sites (tertiary alicyclic amines) is 1. The molecule has 0 saturated carbocycles. The molecule has 7 atom stereocenters. The van der Waals surface area contributed by atoms with Crippen molar-refractivity contribution in [3.05, 3.63) is 29.8 Å². The Hall–Kier alpha value is -4.84. The molecule has 1 aromatic carbocycles. The van der Waals surface area contributed by atoms with Crippen LogP contribution in [0.15, 0.2) is 34.3 Å². The van der Waals surface area contributed by atoms with E-state index in [-0.39, 0.29) is 79.1 Å². The van der Waals surface area contributed by atoms with E-state index in [1.165, 1.54) is 17.0 Å². The van der Waals surface area contributed by atoms with Crippen molar-refractivity contribution in [1.82, 2.24) is 15.5 Å². The molecule has 60 heavy (non-hydrogen) atoms. The van der Waals surface area contributed by atoms with Gasteiger partial charge in [0.15, 0.2) is 29.3 Å². The van der Waals surface area contributed by atoms with Crippen LogP contribution in [0.25, 0.3) is 0 Å². The van der Waals surface area contributed by atoms with Crippen molar-refractivity contribution in [2.24, 2.45) is 56.6 Å². The number of amides is 2.